The highest BCUT2D eigenvalue weighted by molar-refractivity contribution is 6.90. The van der Waals surface area contributed by atoms with Gasteiger partial charge in [0.05, 0.1) is 25.1 Å². The van der Waals surface area contributed by atoms with E-state index in [0.29, 0.717) is 0 Å². The van der Waals surface area contributed by atoms with Crippen LogP contribution in [0.5, 0.6) is 0 Å². The lowest BCUT2D eigenvalue weighted by Crippen LogP contribution is -2.37. The fraction of sp³-hybridized carbons (Fsp3) is 0.143. The minimum Gasteiger partial charge on any atom is -0.454 e. The summed E-state index contributed by atoms with van der Waals surface area (Å²) in [5.74, 6) is 0. The minimum absolute atomic E-state index is 0.236. The van der Waals surface area contributed by atoms with Gasteiger partial charge in [-0.2, -0.15) is 0 Å². The van der Waals surface area contributed by atoms with Crippen molar-refractivity contribution in [1.82, 2.24) is 0 Å². The SMILES string of the molecule is CC1(C)c2ccccc2N(c2cccc3c2oc2c([Si](C)(C)C)cccc23)c2ccc3c4ccccc4c4ccccc4c3c21. The number of para-hydroxylation sites is 3. The number of rotatable bonds is 2. The van der Waals surface area contributed by atoms with Crippen molar-refractivity contribution in [2.24, 2.45) is 0 Å². The summed E-state index contributed by atoms with van der Waals surface area (Å²) in [6.07, 6.45) is 0. The lowest BCUT2D eigenvalue weighted by Gasteiger charge is -2.43. The molecular weight excluding hydrogens is 563 g/mol. The van der Waals surface area contributed by atoms with E-state index < -0.39 is 8.07 Å². The van der Waals surface area contributed by atoms with E-state index >= 15 is 0 Å². The van der Waals surface area contributed by atoms with E-state index in [4.69, 9.17) is 4.42 Å². The Morgan fingerprint density at radius 1 is 0.489 bits per heavy atom. The summed E-state index contributed by atoms with van der Waals surface area (Å²) < 4.78 is 6.98. The Kier molecular flexibility index (Phi) is 5.36. The fourth-order valence-electron chi connectivity index (χ4n) is 8.10. The Balaban J connectivity index is 1.44. The van der Waals surface area contributed by atoms with Gasteiger partial charge in [-0.15, -0.1) is 0 Å². The molecule has 0 spiro atoms. The molecule has 0 atom stereocenters. The molecule has 1 aliphatic heterocycles. The molecule has 0 N–H and O–H groups in total. The van der Waals surface area contributed by atoms with Gasteiger partial charge in [0, 0.05) is 16.2 Å². The van der Waals surface area contributed by atoms with Crippen LogP contribution in [0.4, 0.5) is 17.1 Å². The third kappa shape index (κ3) is 3.56. The Labute approximate surface area is 264 Å². The third-order valence-electron chi connectivity index (χ3n) is 10.1. The van der Waals surface area contributed by atoms with Gasteiger partial charge in [0.1, 0.15) is 5.58 Å². The van der Waals surface area contributed by atoms with E-state index in [2.05, 4.69) is 160 Å². The number of fused-ring (bicyclic) bond motifs is 12. The highest BCUT2D eigenvalue weighted by atomic mass is 28.3. The number of hydrogen-bond acceptors (Lipinski definition) is 2. The molecule has 0 bridgehead atoms. The molecule has 9 rings (SSSR count). The van der Waals surface area contributed by atoms with Gasteiger partial charge in [0.2, 0.25) is 0 Å². The molecule has 0 amide bonds. The van der Waals surface area contributed by atoms with Gasteiger partial charge in [0.15, 0.2) is 5.58 Å². The van der Waals surface area contributed by atoms with Gasteiger partial charge in [-0.05, 0) is 66.8 Å². The Morgan fingerprint density at radius 2 is 1.02 bits per heavy atom. The third-order valence-corrected chi connectivity index (χ3v) is 12.1. The van der Waals surface area contributed by atoms with Gasteiger partial charge < -0.3 is 9.32 Å². The van der Waals surface area contributed by atoms with Crippen LogP contribution >= 0.6 is 0 Å². The maximum absolute atomic E-state index is 6.98. The van der Waals surface area contributed by atoms with E-state index in [1.807, 2.05) is 0 Å². The Morgan fingerprint density at radius 3 is 1.73 bits per heavy atom. The molecule has 218 valence electrons. The standard InChI is InChI=1S/C42H35NOSi/c1-42(2)33-20-10-11-21-34(33)43(36-22-12-18-31-32-19-13-23-37(45(3,4)5)41(32)44-40(31)36)35-25-24-30-28-16-7-6-14-26(28)27-15-8-9-17-29(27)38(30)39(35)42/h6-25H,1-5H3. The topological polar surface area (TPSA) is 16.4 Å². The smallest absolute Gasteiger partial charge is 0.159 e. The van der Waals surface area contributed by atoms with Crippen molar-refractivity contribution in [2.45, 2.75) is 38.9 Å². The van der Waals surface area contributed by atoms with E-state index in [1.54, 1.807) is 0 Å². The van der Waals surface area contributed by atoms with Crippen LogP contribution in [0, 0.1) is 0 Å². The van der Waals surface area contributed by atoms with Crippen molar-refractivity contribution in [3.8, 4) is 0 Å². The molecule has 7 aromatic carbocycles. The largest absolute Gasteiger partial charge is 0.454 e. The van der Waals surface area contributed by atoms with Crippen molar-refractivity contribution in [1.29, 1.82) is 0 Å². The predicted molar refractivity (Wildman–Crippen MR) is 196 cm³/mol. The minimum atomic E-state index is -1.64. The monoisotopic (exact) mass is 597 g/mol. The Hall–Kier alpha value is -4.86. The number of furan rings is 1. The second-order valence-corrected chi connectivity index (χ2v) is 19.2. The first-order chi connectivity index (χ1) is 21.7. The average Bonchev–Trinajstić information content (AvgIpc) is 3.44. The maximum Gasteiger partial charge on any atom is 0.159 e. The zero-order valence-electron chi connectivity index (χ0n) is 26.4. The van der Waals surface area contributed by atoms with E-state index in [9.17, 15) is 0 Å². The highest BCUT2D eigenvalue weighted by Crippen LogP contribution is 2.56. The first-order valence-electron chi connectivity index (χ1n) is 16.0. The molecule has 1 aromatic heterocycles. The summed E-state index contributed by atoms with van der Waals surface area (Å²) in [6, 6.07) is 44.8. The fourth-order valence-corrected chi connectivity index (χ4v) is 9.56. The van der Waals surface area contributed by atoms with Crippen molar-refractivity contribution in [2.75, 3.05) is 4.90 Å². The summed E-state index contributed by atoms with van der Waals surface area (Å²) in [7, 11) is -1.64. The molecular formula is C42H35NOSi. The van der Waals surface area contributed by atoms with Gasteiger partial charge in [-0.3, -0.25) is 0 Å². The molecule has 8 aromatic rings. The lowest BCUT2D eigenvalue weighted by atomic mass is 9.71. The van der Waals surface area contributed by atoms with Crippen LogP contribution in [0.25, 0.3) is 54.3 Å². The molecule has 0 saturated heterocycles. The van der Waals surface area contributed by atoms with Crippen molar-refractivity contribution < 1.29 is 4.42 Å². The zero-order valence-corrected chi connectivity index (χ0v) is 27.4. The zero-order chi connectivity index (χ0) is 30.7. The van der Waals surface area contributed by atoms with Crippen LogP contribution in [0.2, 0.25) is 19.6 Å². The average molecular weight is 598 g/mol. The molecule has 45 heavy (non-hydrogen) atoms. The Bertz CT molecular complexity index is 2480. The second-order valence-electron chi connectivity index (χ2n) is 14.1. The van der Waals surface area contributed by atoms with Crippen LogP contribution < -0.4 is 10.1 Å². The highest BCUT2D eigenvalue weighted by Gasteiger charge is 2.39. The number of benzene rings is 7. The van der Waals surface area contributed by atoms with Gasteiger partial charge >= 0.3 is 0 Å². The molecule has 0 fully saturated rings. The first kappa shape index (κ1) is 26.5. The summed E-state index contributed by atoms with van der Waals surface area (Å²) in [5.41, 5.74) is 7.93. The van der Waals surface area contributed by atoms with Crippen LogP contribution in [0.3, 0.4) is 0 Å². The van der Waals surface area contributed by atoms with Crippen molar-refractivity contribution in [3.05, 3.63) is 132 Å². The van der Waals surface area contributed by atoms with Crippen LogP contribution in [0.15, 0.2) is 126 Å². The molecule has 0 aliphatic carbocycles. The molecule has 0 unspecified atom stereocenters. The van der Waals surface area contributed by atoms with Crippen molar-refractivity contribution >= 4 is 84.6 Å². The summed E-state index contributed by atoms with van der Waals surface area (Å²) in [4.78, 5) is 2.47. The van der Waals surface area contributed by atoms with Gasteiger partial charge in [-0.25, -0.2) is 0 Å². The number of nitrogens with zero attached hydrogens (tertiary/aromatic N) is 1. The van der Waals surface area contributed by atoms with Gasteiger partial charge in [-0.1, -0.05) is 137 Å². The summed E-state index contributed by atoms with van der Waals surface area (Å²) in [6.45, 7) is 12.0. The normalized spacial score (nSPS) is 14.5. The van der Waals surface area contributed by atoms with Crippen LogP contribution in [-0.4, -0.2) is 8.07 Å². The molecule has 0 radical (unpaired) electrons. The van der Waals surface area contributed by atoms with Crippen LogP contribution in [0.1, 0.15) is 25.0 Å². The summed E-state index contributed by atoms with van der Waals surface area (Å²) >= 11 is 0. The lowest BCUT2D eigenvalue weighted by molar-refractivity contribution is 0.637. The van der Waals surface area contributed by atoms with Crippen LogP contribution in [-0.2, 0) is 5.41 Å². The second kappa shape index (κ2) is 9.09. The predicted octanol–water partition coefficient (Wildman–Crippen LogP) is 11.7. The van der Waals surface area contributed by atoms with E-state index in [0.717, 1.165) is 16.9 Å². The number of anilines is 3. The molecule has 0 saturated carbocycles. The van der Waals surface area contributed by atoms with Crippen molar-refractivity contribution in [3.63, 3.8) is 0 Å². The van der Waals surface area contributed by atoms with Gasteiger partial charge in [0.25, 0.3) is 0 Å². The van der Waals surface area contributed by atoms with E-state index in [1.165, 1.54) is 70.8 Å². The quantitative estimate of drug-likeness (QED) is 0.146. The van der Waals surface area contributed by atoms with E-state index in [-0.39, 0.29) is 5.41 Å². The summed E-state index contributed by atoms with van der Waals surface area (Å²) in [5, 5.41) is 11.6. The molecule has 1 aliphatic rings. The number of hydrogen-bond donors (Lipinski definition) is 0. The maximum atomic E-state index is 6.98. The molecule has 2 heterocycles. The molecule has 3 heteroatoms. The first-order valence-corrected chi connectivity index (χ1v) is 19.5. The molecule has 2 nitrogen and oxygen atoms in total.